The third-order valence-electron chi connectivity index (χ3n) is 3.05. The van der Waals surface area contributed by atoms with Gasteiger partial charge in [0.25, 0.3) is 0 Å². The Morgan fingerprint density at radius 2 is 1.17 bits per heavy atom. The summed E-state index contributed by atoms with van der Waals surface area (Å²) in [6.45, 7) is 0. The normalized spacial score (nSPS) is 9.57. The molecule has 3 aromatic carbocycles. The second-order valence-corrected chi connectivity index (χ2v) is 6.39. The monoisotopic (exact) mass is 324 g/mol. The number of carbonyl (C=O) groups is 1. The number of benzene rings is 3. The summed E-state index contributed by atoms with van der Waals surface area (Å²) < 4.78 is 0. The topological polar surface area (TPSA) is 60.4 Å². The highest BCUT2D eigenvalue weighted by atomic mass is 31.1. The fourth-order valence-electron chi connectivity index (χ4n) is 1.93. The van der Waals surface area contributed by atoms with E-state index in [1.54, 1.807) is 0 Å². The Balaban J connectivity index is 0.000000174. The molecule has 3 rings (SSSR count). The summed E-state index contributed by atoms with van der Waals surface area (Å²) in [5.74, 6) is -1.62. The first-order chi connectivity index (χ1) is 11.2. The molecule has 0 unspecified atom stereocenters. The first-order valence-electron chi connectivity index (χ1n) is 7.11. The molecule has 116 valence electrons. The molecule has 0 spiro atoms. The van der Waals surface area contributed by atoms with E-state index in [1.807, 2.05) is 0 Å². The van der Waals surface area contributed by atoms with Gasteiger partial charge in [0, 0.05) is 0 Å². The van der Waals surface area contributed by atoms with Gasteiger partial charge in [0.15, 0.2) is 0 Å². The molecule has 0 bridgehead atoms. The highest BCUT2D eigenvalue weighted by Gasteiger charge is 2.01. The molecule has 0 aliphatic carbocycles. The lowest BCUT2D eigenvalue weighted by atomic mass is 10.2. The van der Waals surface area contributed by atoms with Gasteiger partial charge in [0.1, 0.15) is 0 Å². The molecule has 0 amide bonds. The van der Waals surface area contributed by atoms with E-state index in [0.717, 1.165) is 0 Å². The van der Waals surface area contributed by atoms with Crippen LogP contribution in [0.4, 0.5) is 0 Å². The Morgan fingerprint density at radius 1 is 0.739 bits per heavy atom. The van der Waals surface area contributed by atoms with Gasteiger partial charge in [-0.2, -0.15) is 0 Å². The summed E-state index contributed by atoms with van der Waals surface area (Å²) in [4.78, 5) is 10.2. The minimum absolute atomic E-state index is 0.178. The molecule has 0 aliphatic rings. The molecular weight excluding hydrogens is 307 g/mol. The van der Waals surface area contributed by atoms with E-state index >= 15 is 0 Å². The molecule has 0 saturated heterocycles. The van der Waals surface area contributed by atoms with Gasteiger partial charge in [-0.1, -0.05) is 60.3 Å². The summed E-state index contributed by atoms with van der Waals surface area (Å²) in [5, 5.41) is 22.0. The van der Waals surface area contributed by atoms with E-state index in [4.69, 9.17) is 5.11 Å². The van der Waals surface area contributed by atoms with Crippen molar-refractivity contribution in [2.45, 2.75) is 0 Å². The Morgan fingerprint density at radius 3 is 1.57 bits per heavy atom. The number of hydrogen-bond acceptors (Lipinski definition) is 2. The zero-order valence-electron chi connectivity index (χ0n) is 12.4. The van der Waals surface area contributed by atoms with Crippen LogP contribution in [0.5, 0.6) is 5.75 Å². The van der Waals surface area contributed by atoms with Crippen LogP contribution in [-0.4, -0.2) is 11.1 Å². The van der Waals surface area contributed by atoms with Gasteiger partial charge in [-0.15, -0.1) is 0 Å². The molecule has 0 aliphatic heterocycles. The smallest absolute Gasteiger partial charge is 0.335 e. The minimum Gasteiger partial charge on any atom is -0.872 e. The van der Waals surface area contributed by atoms with Crippen molar-refractivity contribution in [2.75, 3.05) is 0 Å². The van der Waals surface area contributed by atoms with E-state index in [1.165, 1.54) is 34.9 Å². The SMILES string of the molecule is O=C(O)c1ccccc1[O-].c1ccc([PH2+]c2ccccc2)cc1. The van der Waals surface area contributed by atoms with E-state index in [9.17, 15) is 9.90 Å². The van der Waals surface area contributed by atoms with Gasteiger partial charge < -0.3 is 10.2 Å². The van der Waals surface area contributed by atoms with E-state index < -0.39 is 11.7 Å². The van der Waals surface area contributed by atoms with Gasteiger partial charge in [0.05, 0.1) is 24.8 Å². The molecular formula is C19H17O3P. The molecule has 0 heterocycles. The van der Waals surface area contributed by atoms with Crippen molar-refractivity contribution in [2.24, 2.45) is 0 Å². The maximum atomic E-state index is 10.7. The molecule has 0 atom stereocenters. The molecule has 1 N–H and O–H groups in total. The van der Waals surface area contributed by atoms with Crippen LogP contribution in [0.25, 0.3) is 0 Å². The van der Waals surface area contributed by atoms with Gasteiger partial charge in [-0.3, -0.25) is 0 Å². The molecule has 0 saturated carbocycles. The van der Waals surface area contributed by atoms with Crippen molar-refractivity contribution in [3.05, 3.63) is 90.5 Å². The zero-order chi connectivity index (χ0) is 16.5. The van der Waals surface area contributed by atoms with E-state index in [0.29, 0.717) is 0 Å². The van der Waals surface area contributed by atoms with Crippen LogP contribution >= 0.6 is 8.58 Å². The van der Waals surface area contributed by atoms with Gasteiger partial charge in [-0.05, 0) is 30.3 Å². The lowest BCUT2D eigenvalue weighted by molar-refractivity contribution is -0.268. The number of rotatable bonds is 3. The van der Waals surface area contributed by atoms with Crippen molar-refractivity contribution in [3.8, 4) is 5.75 Å². The zero-order valence-corrected chi connectivity index (χ0v) is 13.6. The molecule has 4 heteroatoms. The molecule has 3 aromatic rings. The van der Waals surface area contributed by atoms with Crippen LogP contribution < -0.4 is 15.7 Å². The van der Waals surface area contributed by atoms with Crippen LogP contribution in [0.3, 0.4) is 0 Å². The molecule has 0 aromatic heterocycles. The van der Waals surface area contributed by atoms with Crippen molar-refractivity contribution in [3.63, 3.8) is 0 Å². The van der Waals surface area contributed by atoms with Crippen LogP contribution in [0.1, 0.15) is 10.4 Å². The Kier molecular flexibility index (Phi) is 6.34. The van der Waals surface area contributed by atoms with Crippen LogP contribution in [0.15, 0.2) is 84.9 Å². The highest BCUT2D eigenvalue weighted by molar-refractivity contribution is 7.55. The Bertz CT molecular complexity index is 705. The van der Waals surface area contributed by atoms with Crippen molar-refractivity contribution in [1.29, 1.82) is 0 Å². The average Bonchev–Trinajstić information content (AvgIpc) is 2.57. The fraction of sp³-hybridized carbons (Fsp3) is 0. The third kappa shape index (κ3) is 5.57. The highest BCUT2D eigenvalue weighted by Crippen LogP contribution is 2.11. The minimum atomic E-state index is -1.18. The third-order valence-corrected chi connectivity index (χ3v) is 4.49. The number of aromatic carboxylic acids is 1. The van der Waals surface area contributed by atoms with Crippen molar-refractivity contribution >= 4 is 25.2 Å². The number of hydrogen-bond donors (Lipinski definition) is 1. The molecule has 0 radical (unpaired) electrons. The molecule has 0 fully saturated rings. The van der Waals surface area contributed by atoms with E-state index in [2.05, 4.69) is 60.7 Å². The molecule has 23 heavy (non-hydrogen) atoms. The van der Waals surface area contributed by atoms with Gasteiger partial charge >= 0.3 is 5.97 Å². The maximum absolute atomic E-state index is 10.7. The average molecular weight is 324 g/mol. The van der Waals surface area contributed by atoms with Gasteiger partial charge in [0.2, 0.25) is 0 Å². The lowest BCUT2D eigenvalue weighted by Crippen LogP contribution is -2.02. The Labute approximate surface area is 137 Å². The summed E-state index contributed by atoms with van der Waals surface area (Å²) in [6, 6.07) is 26.9. The predicted octanol–water partition coefficient (Wildman–Crippen LogP) is 2.51. The lowest BCUT2D eigenvalue weighted by Gasteiger charge is -2.07. The largest absolute Gasteiger partial charge is 0.872 e. The first-order valence-corrected chi connectivity index (χ1v) is 8.26. The quantitative estimate of drug-likeness (QED) is 0.753. The van der Waals surface area contributed by atoms with Crippen LogP contribution in [-0.2, 0) is 0 Å². The summed E-state index contributed by atoms with van der Waals surface area (Å²) in [6.07, 6.45) is 0. The fourth-order valence-corrected chi connectivity index (χ4v) is 3.15. The second-order valence-electron chi connectivity index (χ2n) is 4.77. The first kappa shape index (κ1) is 16.7. The number of carboxylic acids is 1. The number of para-hydroxylation sites is 1. The van der Waals surface area contributed by atoms with Crippen molar-refractivity contribution < 1.29 is 15.0 Å². The van der Waals surface area contributed by atoms with Crippen LogP contribution in [0, 0.1) is 0 Å². The van der Waals surface area contributed by atoms with E-state index in [-0.39, 0.29) is 14.1 Å². The summed E-state index contributed by atoms with van der Waals surface area (Å²) in [7, 11) is 0.271. The number of carboxylic acid groups (broad SMARTS) is 1. The Hall–Kier alpha value is -2.64. The van der Waals surface area contributed by atoms with Crippen LogP contribution in [0.2, 0.25) is 0 Å². The van der Waals surface area contributed by atoms with Gasteiger partial charge in [-0.25, -0.2) is 4.79 Å². The standard InChI is InChI=1S/C12H11P.C7H6O3/c1-3-7-11(8-4-1)13-12-9-5-2-6-10-12;8-6-4-2-1-3-5(6)7(9)10/h1-10,13H;1-4,8H,(H,9,10). The molecule has 3 nitrogen and oxygen atoms in total. The predicted molar refractivity (Wildman–Crippen MR) is 94.7 cm³/mol. The second kappa shape index (κ2) is 8.72. The van der Waals surface area contributed by atoms with Crippen molar-refractivity contribution in [1.82, 2.24) is 0 Å². The summed E-state index contributed by atoms with van der Waals surface area (Å²) in [5.41, 5.74) is -0.178. The maximum Gasteiger partial charge on any atom is 0.335 e. The summed E-state index contributed by atoms with van der Waals surface area (Å²) >= 11 is 0.